The van der Waals surface area contributed by atoms with Crippen molar-refractivity contribution in [2.24, 2.45) is 0 Å². The predicted octanol–water partition coefficient (Wildman–Crippen LogP) is 2.99. The summed E-state index contributed by atoms with van der Waals surface area (Å²) in [7, 11) is 0. The number of likely N-dealkylation sites (tertiary alicyclic amines) is 1. The maximum absolute atomic E-state index is 12.4. The molecule has 1 saturated heterocycles. The largest absolute Gasteiger partial charge is 0.332 e. The van der Waals surface area contributed by atoms with Crippen LogP contribution in [0.15, 0.2) is 60.9 Å². The van der Waals surface area contributed by atoms with Gasteiger partial charge in [0.25, 0.3) is 0 Å². The molecule has 5 heteroatoms. The fourth-order valence-electron chi connectivity index (χ4n) is 2.99. The van der Waals surface area contributed by atoms with Crippen LogP contribution in [0, 0.1) is 0 Å². The van der Waals surface area contributed by atoms with E-state index in [1.165, 1.54) is 5.56 Å². The van der Waals surface area contributed by atoms with Gasteiger partial charge in [-0.2, -0.15) is 0 Å². The van der Waals surface area contributed by atoms with Crippen LogP contribution in [0.4, 0.5) is 4.79 Å². The molecule has 23 heavy (non-hydrogen) atoms. The standard InChI is InChI=1S/C18H18N4O/c23-18(22-11-9-16(22)14-6-2-1-3-7-14)19-12-15-13-21-10-5-4-8-17(21)20-15/h1-8,10,13,16H,9,11-12H2,(H,19,23)/t16-/m0/s1. The minimum Gasteiger partial charge on any atom is -0.332 e. The summed E-state index contributed by atoms with van der Waals surface area (Å²) < 4.78 is 1.96. The number of nitrogens with one attached hydrogen (secondary N) is 1. The molecule has 116 valence electrons. The molecule has 0 saturated carbocycles. The third kappa shape index (κ3) is 2.65. The van der Waals surface area contributed by atoms with Crippen molar-refractivity contribution in [1.82, 2.24) is 19.6 Å². The van der Waals surface area contributed by atoms with E-state index in [0.717, 1.165) is 24.3 Å². The van der Waals surface area contributed by atoms with Crippen LogP contribution in [0.25, 0.3) is 5.65 Å². The Bertz CT molecular complexity index is 794. The first-order valence-electron chi connectivity index (χ1n) is 7.83. The van der Waals surface area contributed by atoms with E-state index in [1.54, 1.807) is 0 Å². The molecular formula is C18H18N4O. The number of nitrogens with zero attached hydrogens (tertiary/aromatic N) is 3. The SMILES string of the molecule is O=C(NCc1cn2ccccc2n1)N1CC[C@H]1c1ccccc1. The summed E-state index contributed by atoms with van der Waals surface area (Å²) in [5, 5.41) is 2.97. The van der Waals surface area contributed by atoms with E-state index in [9.17, 15) is 4.79 Å². The van der Waals surface area contributed by atoms with E-state index in [4.69, 9.17) is 0 Å². The summed E-state index contributed by atoms with van der Waals surface area (Å²) in [4.78, 5) is 18.8. The lowest BCUT2D eigenvalue weighted by Gasteiger charge is -2.41. The van der Waals surface area contributed by atoms with Crippen molar-refractivity contribution in [2.45, 2.75) is 19.0 Å². The fourth-order valence-corrected chi connectivity index (χ4v) is 2.99. The van der Waals surface area contributed by atoms with Crippen LogP contribution < -0.4 is 5.32 Å². The van der Waals surface area contributed by atoms with Gasteiger partial charge < -0.3 is 14.6 Å². The molecule has 2 aromatic heterocycles. The van der Waals surface area contributed by atoms with E-state index in [2.05, 4.69) is 22.4 Å². The third-order valence-corrected chi connectivity index (χ3v) is 4.30. The average molecular weight is 306 g/mol. The van der Waals surface area contributed by atoms with Gasteiger partial charge in [-0.05, 0) is 24.1 Å². The number of benzene rings is 1. The molecule has 0 spiro atoms. The fraction of sp³-hybridized carbons (Fsp3) is 0.222. The van der Waals surface area contributed by atoms with E-state index < -0.39 is 0 Å². The normalized spacial score (nSPS) is 17.0. The van der Waals surface area contributed by atoms with E-state index in [1.807, 2.05) is 58.1 Å². The van der Waals surface area contributed by atoms with Gasteiger partial charge in [0.1, 0.15) is 5.65 Å². The van der Waals surface area contributed by atoms with Crippen molar-refractivity contribution in [3.63, 3.8) is 0 Å². The Morgan fingerprint density at radius 3 is 2.74 bits per heavy atom. The van der Waals surface area contributed by atoms with Gasteiger partial charge in [-0.25, -0.2) is 9.78 Å². The zero-order valence-electron chi connectivity index (χ0n) is 12.7. The monoisotopic (exact) mass is 306 g/mol. The number of imidazole rings is 1. The van der Waals surface area contributed by atoms with Gasteiger partial charge in [-0.15, -0.1) is 0 Å². The molecular weight excluding hydrogens is 288 g/mol. The second-order valence-electron chi connectivity index (χ2n) is 5.77. The van der Waals surface area contributed by atoms with Crippen LogP contribution in [-0.2, 0) is 6.54 Å². The number of rotatable bonds is 3. The predicted molar refractivity (Wildman–Crippen MR) is 87.9 cm³/mol. The smallest absolute Gasteiger partial charge is 0.318 e. The van der Waals surface area contributed by atoms with E-state index >= 15 is 0 Å². The molecule has 3 aromatic rings. The summed E-state index contributed by atoms with van der Waals surface area (Å²) in [5.41, 5.74) is 2.95. The minimum absolute atomic E-state index is 0.0258. The topological polar surface area (TPSA) is 49.6 Å². The molecule has 1 fully saturated rings. The Morgan fingerprint density at radius 1 is 1.17 bits per heavy atom. The maximum atomic E-state index is 12.4. The van der Waals surface area contributed by atoms with E-state index in [0.29, 0.717) is 6.54 Å². The zero-order valence-corrected chi connectivity index (χ0v) is 12.7. The Morgan fingerprint density at radius 2 is 2.00 bits per heavy atom. The van der Waals surface area contributed by atoms with Gasteiger partial charge in [-0.1, -0.05) is 36.4 Å². The van der Waals surface area contributed by atoms with Crippen LogP contribution in [0.1, 0.15) is 23.7 Å². The van der Waals surface area contributed by atoms with Gasteiger partial charge >= 0.3 is 6.03 Å². The van der Waals surface area contributed by atoms with Crippen LogP contribution in [-0.4, -0.2) is 26.9 Å². The maximum Gasteiger partial charge on any atom is 0.318 e. The molecule has 0 aliphatic carbocycles. The molecule has 1 aliphatic rings. The number of pyridine rings is 1. The summed E-state index contributed by atoms with van der Waals surface area (Å²) >= 11 is 0. The van der Waals surface area contributed by atoms with Crippen molar-refractivity contribution in [3.8, 4) is 0 Å². The molecule has 1 N–H and O–H groups in total. The first-order valence-corrected chi connectivity index (χ1v) is 7.83. The zero-order chi connectivity index (χ0) is 15.6. The lowest BCUT2D eigenvalue weighted by atomic mass is 9.95. The summed E-state index contributed by atoms with van der Waals surface area (Å²) in [6.45, 7) is 1.25. The Hall–Kier alpha value is -2.82. The number of fused-ring (bicyclic) bond motifs is 1. The minimum atomic E-state index is -0.0258. The summed E-state index contributed by atoms with van der Waals surface area (Å²) in [6, 6.07) is 16.2. The first kappa shape index (κ1) is 13.8. The van der Waals surface area contributed by atoms with Crippen LogP contribution >= 0.6 is 0 Å². The highest BCUT2D eigenvalue weighted by Gasteiger charge is 2.33. The van der Waals surface area contributed by atoms with E-state index in [-0.39, 0.29) is 12.1 Å². The molecule has 1 aromatic carbocycles. The second-order valence-corrected chi connectivity index (χ2v) is 5.77. The molecule has 0 bridgehead atoms. The number of carbonyl (C=O) groups excluding carboxylic acids is 1. The first-order chi connectivity index (χ1) is 11.3. The van der Waals surface area contributed by atoms with Crippen LogP contribution in [0.2, 0.25) is 0 Å². The average Bonchev–Trinajstić information content (AvgIpc) is 2.96. The van der Waals surface area contributed by atoms with Crippen molar-refractivity contribution in [2.75, 3.05) is 6.54 Å². The van der Waals surface area contributed by atoms with Crippen LogP contribution in [0.5, 0.6) is 0 Å². The lowest BCUT2D eigenvalue weighted by molar-refractivity contribution is 0.115. The number of hydrogen-bond donors (Lipinski definition) is 1. The molecule has 3 heterocycles. The highest BCUT2D eigenvalue weighted by atomic mass is 16.2. The Balaban J connectivity index is 1.40. The summed E-state index contributed by atoms with van der Waals surface area (Å²) in [5.74, 6) is 0. The van der Waals surface area contributed by atoms with Crippen molar-refractivity contribution >= 4 is 11.7 Å². The highest BCUT2D eigenvalue weighted by Crippen LogP contribution is 2.32. The lowest BCUT2D eigenvalue weighted by Crippen LogP contribution is -2.49. The second kappa shape index (κ2) is 5.76. The van der Waals surface area contributed by atoms with Crippen LogP contribution in [0.3, 0.4) is 0 Å². The molecule has 5 nitrogen and oxygen atoms in total. The quantitative estimate of drug-likeness (QED) is 0.808. The Kier molecular flexibility index (Phi) is 3.46. The van der Waals surface area contributed by atoms with Crippen molar-refractivity contribution in [1.29, 1.82) is 0 Å². The molecule has 4 rings (SSSR count). The molecule has 1 atom stereocenters. The van der Waals surface area contributed by atoms with Gasteiger partial charge in [0, 0.05) is 18.9 Å². The molecule has 0 unspecified atom stereocenters. The highest BCUT2D eigenvalue weighted by molar-refractivity contribution is 5.75. The van der Waals surface area contributed by atoms with Gasteiger partial charge in [-0.3, -0.25) is 0 Å². The van der Waals surface area contributed by atoms with Crippen molar-refractivity contribution < 1.29 is 4.79 Å². The van der Waals surface area contributed by atoms with Gasteiger partial charge in [0.2, 0.25) is 0 Å². The van der Waals surface area contributed by atoms with Gasteiger partial charge in [0.15, 0.2) is 0 Å². The number of amides is 2. The Labute approximate surface area is 134 Å². The third-order valence-electron chi connectivity index (χ3n) is 4.30. The molecule has 1 aliphatic heterocycles. The number of aromatic nitrogens is 2. The van der Waals surface area contributed by atoms with Crippen molar-refractivity contribution in [3.05, 3.63) is 72.2 Å². The summed E-state index contributed by atoms with van der Waals surface area (Å²) in [6.07, 6.45) is 4.92. The number of carbonyl (C=O) groups is 1. The number of hydrogen-bond acceptors (Lipinski definition) is 2. The number of urea groups is 1. The molecule has 2 amide bonds. The van der Waals surface area contributed by atoms with Gasteiger partial charge in [0.05, 0.1) is 18.3 Å². The molecule has 0 radical (unpaired) electrons.